The van der Waals surface area contributed by atoms with Crippen molar-refractivity contribution in [2.24, 2.45) is 0 Å². The Hall–Kier alpha value is 0.449. The van der Waals surface area contributed by atoms with Gasteiger partial charge in [-0.05, 0) is 0 Å². The Morgan fingerprint density at radius 1 is 0.667 bits per heavy atom. The van der Waals surface area contributed by atoms with E-state index in [1.165, 1.54) is 0 Å². The molecule has 0 aliphatic rings. The van der Waals surface area contributed by atoms with E-state index in [1.54, 1.807) is 0 Å². The zero-order valence-electron chi connectivity index (χ0n) is 2.39. The fourth-order valence-corrected chi connectivity index (χ4v) is 0. The van der Waals surface area contributed by atoms with Gasteiger partial charge in [-0.3, -0.25) is 0 Å². The van der Waals surface area contributed by atoms with Crippen LogP contribution >= 0.6 is 0 Å². The molecule has 40 valence electrons. The molecule has 0 saturated heterocycles. The third-order valence-corrected chi connectivity index (χ3v) is 0. The zero-order valence-corrected chi connectivity index (χ0v) is 5.24. The molecule has 0 radical (unpaired) electrons. The first-order valence-corrected chi connectivity index (χ1v) is 6.34. The summed E-state index contributed by atoms with van der Waals surface area (Å²) < 4.78 is 49.6. The van der Waals surface area contributed by atoms with E-state index in [2.05, 4.69) is 0 Å². The van der Waals surface area contributed by atoms with Gasteiger partial charge >= 0.3 is 34.2 Å². The molecule has 0 heterocycles. The summed E-state index contributed by atoms with van der Waals surface area (Å²) in [6.45, 7) is 0. The fourth-order valence-electron chi connectivity index (χ4n) is 0. The van der Waals surface area contributed by atoms with E-state index >= 15 is 0 Å². The van der Waals surface area contributed by atoms with Gasteiger partial charge in [0.25, 0.3) is 0 Å². The van der Waals surface area contributed by atoms with Crippen LogP contribution in [0.15, 0.2) is 0 Å². The Labute approximate surface area is 34.9 Å². The minimum absolute atomic E-state index is 9.26. The number of halogens is 5. The maximum atomic E-state index is 9.92. The third-order valence-electron chi connectivity index (χ3n) is 0. The van der Waals surface area contributed by atoms with Gasteiger partial charge in [-0.2, -0.15) is 0 Å². The summed E-state index contributed by atoms with van der Waals surface area (Å²) >= 11 is -9.26. The van der Waals surface area contributed by atoms with Crippen LogP contribution in [0.4, 0.5) is 14.3 Å². The summed E-state index contributed by atoms with van der Waals surface area (Å²) in [5, 5.41) is 0. The van der Waals surface area contributed by atoms with Crippen LogP contribution in [0.2, 0.25) is 0 Å². The van der Waals surface area contributed by atoms with Crippen molar-refractivity contribution < 1.29 is 14.3 Å². The van der Waals surface area contributed by atoms with Crippen LogP contribution in [0.1, 0.15) is 0 Å². The number of rotatable bonds is 0. The number of hydrogen-bond acceptors (Lipinski definition) is 0. The maximum absolute atomic E-state index is 9.92. The quantitative estimate of drug-likeness (QED) is 0.425. The molecule has 0 spiro atoms. The molecule has 0 atom stereocenters. The second-order valence-corrected chi connectivity index (χ2v) is 4.79. The Balaban J connectivity index is 3.73. The molecule has 0 aromatic heterocycles. The molecule has 6 heavy (non-hydrogen) atoms. The van der Waals surface area contributed by atoms with Crippen LogP contribution in [0, 0.1) is 0 Å². The summed E-state index contributed by atoms with van der Waals surface area (Å²) in [6, 6.07) is 0. The van der Waals surface area contributed by atoms with Crippen molar-refractivity contribution in [1.29, 1.82) is 0 Å². The van der Waals surface area contributed by atoms with Crippen molar-refractivity contribution in [3.05, 3.63) is 0 Å². The summed E-state index contributed by atoms with van der Waals surface area (Å²) in [5.74, 6) is 0. The van der Waals surface area contributed by atoms with E-state index in [4.69, 9.17) is 0 Å². The molecule has 0 aromatic carbocycles. The van der Waals surface area contributed by atoms with Crippen molar-refractivity contribution in [2.45, 2.75) is 0 Å². The topological polar surface area (TPSA) is 0 Å². The molecule has 0 aliphatic heterocycles. The second-order valence-electron chi connectivity index (χ2n) is 0.714. The predicted molar refractivity (Wildman–Crippen MR) is 11.3 cm³/mol. The molecule has 0 aromatic rings. The average Bonchev–Trinajstić information content (AvgIpc) is 0.650. The van der Waals surface area contributed by atoms with Gasteiger partial charge in [-0.1, -0.05) is 0 Å². The molecule has 6 heteroatoms. The minimum atomic E-state index is -9.26. The van der Waals surface area contributed by atoms with E-state index in [0.29, 0.717) is 0 Å². The Morgan fingerprint density at radius 2 is 0.667 bits per heavy atom. The van der Waals surface area contributed by atoms with E-state index in [-0.39, 0.29) is 0 Å². The molecule has 0 saturated carbocycles. The monoisotopic (exact) mass is 215 g/mol. The van der Waals surface area contributed by atoms with Gasteiger partial charge in [0, 0.05) is 0 Å². The molecule has 0 N–H and O–H groups in total. The first kappa shape index (κ1) is 6.45. The van der Waals surface area contributed by atoms with E-state index in [9.17, 15) is 14.3 Å². The fraction of sp³-hybridized carbons (Fsp3) is 0. The third kappa shape index (κ3) is 263. The molecule has 0 nitrogen and oxygen atoms in total. The summed E-state index contributed by atoms with van der Waals surface area (Å²) in [6.07, 6.45) is 0. The van der Waals surface area contributed by atoms with Crippen molar-refractivity contribution >= 4 is 19.9 Å². The van der Waals surface area contributed by atoms with Crippen LogP contribution in [-0.2, 0) is 0 Å². The van der Waals surface area contributed by atoms with E-state index < -0.39 is 19.9 Å². The Kier molecular flexibility index (Phi) is 1.06. The average molecular weight is 214 g/mol. The van der Waals surface area contributed by atoms with Gasteiger partial charge in [0.1, 0.15) is 0 Å². The molecular formula is F5Sn-. The predicted octanol–water partition coefficient (Wildman–Crippen LogP) is 1.72. The zero-order chi connectivity index (χ0) is 5.45. The van der Waals surface area contributed by atoms with Crippen molar-refractivity contribution in [2.75, 3.05) is 0 Å². The number of hydrogen-bond donors (Lipinski definition) is 0. The van der Waals surface area contributed by atoms with Crippen molar-refractivity contribution in [1.82, 2.24) is 0 Å². The van der Waals surface area contributed by atoms with E-state index in [1.807, 2.05) is 0 Å². The Morgan fingerprint density at radius 3 is 0.667 bits per heavy atom. The second kappa shape index (κ2) is 0.988. The van der Waals surface area contributed by atoms with Gasteiger partial charge in [0.05, 0.1) is 0 Å². The molecule has 0 bridgehead atoms. The Bertz CT molecular complexity index is 37.1. The normalized spacial score (nSPS) is 19.2. The SMILES string of the molecule is [F][Sn-]([F])([F])([F])[F]. The molecule has 0 unspecified atom stereocenters. The summed E-state index contributed by atoms with van der Waals surface area (Å²) in [7, 11) is 0. The van der Waals surface area contributed by atoms with Crippen molar-refractivity contribution in [3.63, 3.8) is 0 Å². The molecule has 0 rings (SSSR count). The van der Waals surface area contributed by atoms with Crippen LogP contribution in [-0.4, -0.2) is 19.9 Å². The molecular weight excluding hydrogens is 214 g/mol. The van der Waals surface area contributed by atoms with Crippen LogP contribution < -0.4 is 0 Å². The van der Waals surface area contributed by atoms with Gasteiger partial charge in [-0.25, -0.2) is 0 Å². The van der Waals surface area contributed by atoms with Gasteiger partial charge < -0.3 is 0 Å². The van der Waals surface area contributed by atoms with Gasteiger partial charge in [0.15, 0.2) is 0 Å². The molecule has 0 fully saturated rings. The van der Waals surface area contributed by atoms with Gasteiger partial charge in [-0.15, -0.1) is 0 Å². The summed E-state index contributed by atoms with van der Waals surface area (Å²) in [5.41, 5.74) is 0. The van der Waals surface area contributed by atoms with Crippen LogP contribution in [0.5, 0.6) is 0 Å². The molecule has 0 amide bonds. The van der Waals surface area contributed by atoms with Crippen LogP contribution in [0.25, 0.3) is 0 Å². The standard InChI is InChI=1S/5FH.Sn/h5*1H;/q;;;;;+4/p-5. The first-order chi connectivity index (χ1) is 2.24. The summed E-state index contributed by atoms with van der Waals surface area (Å²) in [4.78, 5) is 0. The van der Waals surface area contributed by atoms with Gasteiger partial charge in [0.2, 0.25) is 0 Å². The van der Waals surface area contributed by atoms with Crippen molar-refractivity contribution in [3.8, 4) is 0 Å². The first-order valence-electron chi connectivity index (χ1n) is 0.945. The molecule has 0 aliphatic carbocycles. The van der Waals surface area contributed by atoms with Crippen LogP contribution in [0.3, 0.4) is 0 Å². The van der Waals surface area contributed by atoms with E-state index in [0.717, 1.165) is 0 Å².